The number of amides is 3. The van der Waals surface area contributed by atoms with Gasteiger partial charge in [0.15, 0.2) is 0 Å². The van der Waals surface area contributed by atoms with Crippen LogP contribution in [0.4, 0.5) is 18.9 Å². The Balaban J connectivity index is 1.50. The smallest absolute Gasteiger partial charge is 0.351 e. The van der Waals surface area contributed by atoms with Gasteiger partial charge in [0.25, 0.3) is 11.8 Å². The lowest BCUT2D eigenvalue weighted by Crippen LogP contribution is -2.37. The summed E-state index contributed by atoms with van der Waals surface area (Å²) in [7, 11) is 0. The summed E-state index contributed by atoms with van der Waals surface area (Å²) < 4.78 is 38.3. The van der Waals surface area contributed by atoms with Crippen molar-refractivity contribution in [1.82, 2.24) is 9.88 Å². The number of rotatable bonds is 3. The van der Waals surface area contributed by atoms with E-state index in [9.17, 15) is 27.6 Å². The van der Waals surface area contributed by atoms with Crippen molar-refractivity contribution in [3.8, 4) is 0 Å². The van der Waals surface area contributed by atoms with Gasteiger partial charge in [-0.3, -0.25) is 19.3 Å². The fourth-order valence-electron chi connectivity index (χ4n) is 3.09. The van der Waals surface area contributed by atoms with Crippen molar-refractivity contribution in [2.45, 2.75) is 6.18 Å². The summed E-state index contributed by atoms with van der Waals surface area (Å²) in [4.78, 5) is 39.9. The lowest BCUT2D eigenvalue weighted by molar-refractivity contribution is -0.140. The number of nitrogens with one attached hydrogen (secondary N) is 2. The fraction of sp³-hybridized carbons (Fsp3) is 0.105. The molecule has 1 aliphatic rings. The highest BCUT2D eigenvalue weighted by atomic mass is 19.4. The molecule has 6 nitrogen and oxygen atoms in total. The maximum absolute atomic E-state index is 12.8. The lowest BCUT2D eigenvalue weighted by Gasteiger charge is -2.13. The first-order valence-electron chi connectivity index (χ1n) is 8.19. The van der Waals surface area contributed by atoms with Crippen LogP contribution in [0.3, 0.4) is 0 Å². The highest BCUT2D eigenvalue weighted by molar-refractivity contribution is 6.22. The number of H-pyrrole nitrogens is 1. The van der Waals surface area contributed by atoms with Gasteiger partial charge in [0.2, 0.25) is 5.91 Å². The van der Waals surface area contributed by atoms with E-state index in [1.807, 2.05) is 0 Å². The zero-order valence-corrected chi connectivity index (χ0v) is 14.1. The predicted molar refractivity (Wildman–Crippen MR) is 93.7 cm³/mol. The number of anilines is 1. The van der Waals surface area contributed by atoms with E-state index in [0.29, 0.717) is 0 Å². The molecule has 28 heavy (non-hydrogen) atoms. The number of carbonyl (C=O) groups is 3. The molecule has 4 rings (SSSR count). The number of fused-ring (bicyclic) bond motifs is 2. The molecule has 0 radical (unpaired) electrons. The van der Waals surface area contributed by atoms with Crippen LogP contribution < -0.4 is 5.32 Å². The second-order valence-corrected chi connectivity index (χ2v) is 6.27. The molecule has 2 heterocycles. The molecule has 9 heteroatoms. The van der Waals surface area contributed by atoms with Crippen LogP contribution in [0, 0.1) is 0 Å². The number of halogens is 3. The molecule has 0 saturated heterocycles. The molecule has 1 aromatic heterocycles. The summed E-state index contributed by atoms with van der Waals surface area (Å²) >= 11 is 0. The molecule has 3 aromatic rings. The highest BCUT2D eigenvalue weighted by Gasteiger charge is 2.36. The Kier molecular flexibility index (Phi) is 3.95. The monoisotopic (exact) mass is 387 g/mol. The molecule has 3 amide bonds. The standard InChI is InChI=1S/C19H12F3N3O3/c20-19(21,22)15-8-10-7-11(5-6-14(10)24-15)23-16(26)9-25-17(27)12-3-1-2-4-13(12)18(25)28/h1-8,24H,9H2,(H,23,26). The minimum Gasteiger partial charge on any atom is -0.351 e. The Bertz CT molecular complexity index is 1100. The van der Waals surface area contributed by atoms with E-state index < -0.39 is 36.1 Å². The average molecular weight is 387 g/mol. The molecule has 0 atom stereocenters. The third-order valence-corrected chi connectivity index (χ3v) is 4.39. The first-order valence-corrected chi connectivity index (χ1v) is 8.19. The van der Waals surface area contributed by atoms with Crippen LogP contribution in [0.2, 0.25) is 0 Å². The van der Waals surface area contributed by atoms with Crippen molar-refractivity contribution in [3.05, 3.63) is 65.4 Å². The van der Waals surface area contributed by atoms with Gasteiger partial charge in [0.1, 0.15) is 12.2 Å². The SMILES string of the molecule is O=C(CN1C(=O)c2ccccc2C1=O)Nc1ccc2[nH]c(C(F)(F)F)cc2c1. The topological polar surface area (TPSA) is 82.3 Å². The zero-order chi connectivity index (χ0) is 20.1. The van der Waals surface area contributed by atoms with Crippen LogP contribution in [-0.2, 0) is 11.0 Å². The molecule has 0 unspecified atom stereocenters. The Hall–Kier alpha value is -3.62. The van der Waals surface area contributed by atoms with Gasteiger partial charge in [-0.2, -0.15) is 13.2 Å². The summed E-state index contributed by atoms with van der Waals surface area (Å²) in [6.45, 7) is -0.495. The van der Waals surface area contributed by atoms with Gasteiger partial charge in [0.05, 0.1) is 11.1 Å². The predicted octanol–water partition coefficient (Wildman–Crippen LogP) is 3.42. The minimum absolute atomic E-state index is 0.230. The normalized spacial score (nSPS) is 13.9. The molecule has 1 aliphatic heterocycles. The molecule has 2 N–H and O–H groups in total. The number of aromatic amines is 1. The zero-order valence-electron chi connectivity index (χ0n) is 14.1. The number of aromatic nitrogens is 1. The van der Waals surface area contributed by atoms with Gasteiger partial charge < -0.3 is 10.3 Å². The first kappa shape index (κ1) is 17.8. The van der Waals surface area contributed by atoms with Crippen LogP contribution >= 0.6 is 0 Å². The average Bonchev–Trinajstić information content (AvgIpc) is 3.17. The minimum atomic E-state index is -4.51. The number of hydrogen-bond donors (Lipinski definition) is 2. The van der Waals surface area contributed by atoms with Crippen LogP contribution in [-0.4, -0.2) is 34.2 Å². The van der Waals surface area contributed by atoms with Gasteiger partial charge in [0, 0.05) is 16.6 Å². The number of benzene rings is 2. The molecular formula is C19H12F3N3O3. The third-order valence-electron chi connectivity index (χ3n) is 4.39. The van der Waals surface area contributed by atoms with E-state index in [2.05, 4.69) is 10.3 Å². The second kappa shape index (κ2) is 6.22. The van der Waals surface area contributed by atoms with Gasteiger partial charge >= 0.3 is 6.18 Å². The third kappa shape index (κ3) is 3.00. The summed E-state index contributed by atoms with van der Waals surface area (Å²) in [5.74, 6) is -1.77. The molecular weight excluding hydrogens is 375 g/mol. The Labute approximate surface area is 155 Å². The summed E-state index contributed by atoms with van der Waals surface area (Å²) in [5.41, 5.74) is 0.0898. The maximum atomic E-state index is 12.8. The maximum Gasteiger partial charge on any atom is 0.431 e. The van der Waals surface area contributed by atoms with E-state index in [0.717, 1.165) is 11.0 Å². The number of carbonyl (C=O) groups excluding carboxylic acids is 3. The number of hydrogen-bond acceptors (Lipinski definition) is 3. The number of alkyl halides is 3. The number of nitrogens with zero attached hydrogens (tertiary/aromatic N) is 1. The van der Waals surface area contributed by atoms with Crippen molar-refractivity contribution in [3.63, 3.8) is 0 Å². The van der Waals surface area contributed by atoms with E-state index in [-0.39, 0.29) is 27.7 Å². The summed E-state index contributed by atoms with van der Waals surface area (Å²) in [6, 6.07) is 11.4. The van der Waals surface area contributed by atoms with Crippen molar-refractivity contribution >= 4 is 34.3 Å². The van der Waals surface area contributed by atoms with Crippen molar-refractivity contribution in [2.75, 3.05) is 11.9 Å². The highest BCUT2D eigenvalue weighted by Crippen LogP contribution is 2.32. The van der Waals surface area contributed by atoms with E-state index >= 15 is 0 Å². The largest absolute Gasteiger partial charge is 0.431 e. The first-order chi connectivity index (χ1) is 13.2. The van der Waals surface area contributed by atoms with Crippen LogP contribution in [0.5, 0.6) is 0 Å². The van der Waals surface area contributed by atoms with Crippen LogP contribution in [0.15, 0.2) is 48.5 Å². The molecule has 0 aliphatic carbocycles. The quantitative estimate of drug-likeness (QED) is 0.676. The summed E-state index contributed by atoms with van der Waals surface area (Å²) in [5, 5.41) is 2.77. The Morgan fingerprint density at radius 1 is 1.00 bits per heavy atom. The Morgan fingerprint density at radius 3 is 2.25 bits per heavy atom. The van der Waals surface area contributed by atoms with Gasteiger partial charge in [-0.05, 0) is 36.4 Å². The van der Waals surface area contributed by atoms with Crippen molar-refractivity contribution < 1.29 is 27.6 Å². The molecule has 0 spiro atoms. The van der Waals surface area contributed by atoms with Gasteiger partial charge in [-0.1, -0.05) is 12.1 Å². The molecule has 0 bridgehead atoms. The molecule has 0 saturated carbocycles. The van der Waals surface area contributed by atoms with E-state index in [1.165, 1.54) is 30.3 Å². The van der Waals surface area contributed by atoms with E-state index in [4.69, 9.17) is 0 Å². The van der Waals surface area contributed by atoms with Gasteiger partial charge in [-0.15, -0.1) is 0 Å². The van der Waals surface area contributed by atoms with Crippen LogP contribution in [0.25, 0.3) is 10.9 Å². The van der Waals surface area contributed by atoms with E-state index in [1.54, 1.807) is 12.1 Å². The summed E-state index contributed by atoms with van der Waals surface area (Å²) in [6.07, 6.45) is -4.51. The lowest BCUT2D eigenvalue weighted by atomic mass is 10.1. The molecule has 142 valence electrons. The van der Waals surface area contributed by atoms with Crippen LogP contribution in [0.1, 0.15) is 26.4 Å². The van der Waals surface area contributed by atoms with Gasteiger partial charge in [-0.25, -0.2) is 0 Å². The van der Waals surface area contributed by atoms with Crippen molar-refractivity contribution in [2.24, 2.45) is 0 Å². The van der Waals surface area contributed by atoms with Crippen molar-refractivity contribution in [1.29, 1.82) is 0 Å². The fourth-order valence-corrected chi connectivity index (χ4v) is 3.09. The molecule has 2 aromatic carbocycles. The number of imide groups is 1. The second-order valence-electron chi connectivity index (χ2n) is 6.27. The molecule has 0 fully saturated rings. The Morgan fingerprint density at radius 2 is 1.64 bits per heavy atom.